The Kier molecular flexibility index (Phi) is 3.49. The monoisotopic (exact) mass is 322 g/mol. The number of fused-ring (bicyclic) bond motifs is 1. The van der Waals surface area contributed by atoms with Crippen molar-refractivity contribution in [3.05, 3.63) is 35.2 Å². The van der Waals surface area contributed by atoms with Gasteiger partial charge in [-0.15, -0.1) is 0 Å². The van der Waals surface area contributed by atoms with E-state index in [1.165, 1.54) is 11.4 Å². The number of carbonyl (C=O) groups is 1. The minimum atomic E-state index is -3.59. The summed E-state index contributed by atoms with van der Waals surface area (Å²) in [5, 5.41) is 3.87. The van der Waals surface area contributed by atoms with Crippen LogP contribution in [-0.4, -0.2) is 34.6 Å². The van der Waals surface area contributed by atoms with Gasteiger partial charge in [0.1, 0.15) is 0 Å². The molecule has 0 aromatic heterocycles. The number of carbonyl (C=O) groups excluding carboxylic acids is 1. The Bertz CT molecular complexity index is 749. The first-order valence-electron chi connectivity index (χ1n) is 7.03. The molecule has 1 aromatic carbocycles. The van der Waals surface area contributed by atoms with Crippen LogP contribution < -0.4 is 9.62 Å². The molecule has 1 fully saturated rings. The molecule has 2 aliphatic rings. The van der Waals surface area contributed by atoms with Gasteiger partial charge in [0.2, 0.25) is 5.91 Å². The van der Waals surface area contributed by atoms with Crippen molar-refractivity contribution >= 4 is 27.3 Å². The summed E-state index contributed by atoms with van der Waals surface area (Å²) in [4.78, 5) is 12.5. The van der Waals surface area contributed by atoms with Gasteiger partial charge in [-0.2, -0.15) is 0 Å². The van der Waals surface area contributed by atoms with Crippen molar-refractivity contribution in [2.45, 2.75) is 13.3 Å². The zero-order chi connectivity index (χ0) is 16.0. The fourth-order valence-corrected chi connectivity index (χ4v) is 3.70. The fraction of sp³-hybridized carbons (Fsp3) is 0.400. The van der Waals surface area contributed by atoms with Crippen molar-refractivity contribution in [1.82, 2.24) is 5.32 Å². The molecule has 0 radical (unpaired) electrons. The molecular formula is C15H18N2O4S. The van der Waals surface area contributed by atoms with Gasteiger partial charge < -0.3 is 10.1 Å². The minimum Gasteiger partial charge on any atom is -0.380 e. The molecule has 1 saturated heterocycles. The van der Waals surface area contributed by atoms with Crippen molar-refractivity contribution in [3.8, 4) is 0 Å². The van der Waals surface area contributed by atoms with E-state index in [1.807, 2.05) is 13.0 Å². The number of nitrogens with one attached hydrogen (secondary N) is 1. The molecule has 7 heteroatoms. The molecule has 22 heavy (non-hydrogen) atoms. The Labute approximate surface area is 129 Å². The molecule has 1 unspecified atom stereocenters. The average Bonchev–Trinajstić information content (AvgIpc) is 2.92. The predicted octanol–water partition coefficient (Wildman–Crippen LogP) is 1.31. The molecule has 2 aliphatic heterocycles. The lowest BCUT2D eigenvalue weighted by Crippen LogP contribution is -2.40. The van der Waals surface area contributed by atoms with Crippen LogP contribution in [0.15, 0.2) is 29.7 Å². The maximum Gasteiger partial charge on any atom is 0.259 e. The zero-order valence-electron chi connectivity index (χ0n) is 12.5. The predicted molar refractivity (Wildman–Crippen MR) is 83.4 cm³/mol. The van der Waals surface area contributed by atoms with Crippen molar-refractivity contribution in [2.24, 2.45) is 5.41 Å². The van der Waals surface area contributed by atoms with Crippen LogP contribution >= 0.6 is 0 Å². The van der Waals surface area contributed by atoms with Crippen LogP contribution in [-0.2, 0) is 19.6 Å². The van der Waals surface area contributed by atoms with E-state index in [1.54, 1.807) is 18.2 Å². The maximum atomic E-state index is 12.5. The number of nitrogens with zero attached hydrogens (tertiary/aromatic N) is 1. The molecular weight excluding hydrogens is 304 g/mol. The quantitative estimate of drug-likeness (QED) is 0.891. The molecule has 1 atom stereocenters. The number of ether oxygens (including phenoxy) is 1. The number of sulfonamides is 1. The summed E-state index contributed by atoms with van der Waals surface area (Å²) in [5.74, 6) is -0.217. The van der Waals surface area contributed by atoms with Crippen LogP contribution in [0.4, 0.5) is 5.69 Å². The lowest BCUT2D eigenvalue weighted by molar-refractivity contribution is -0.128. The molecule has 0 spiro atoms. The Morgan fingerprint density at radius 1 is 1.36 bits per heavy atom. The van der Waals surface area contributed by atoms with Gasteiger partial charge in [0.25, 0.3) is 10.0 Å². The van der Waals surface area contributed by atoms with E-state index in [-0.39, 0.29) is 5.91 Å². The van der Waals surface area contributed by atoms with E-state index in [0.717, 1.165) is 5.41 Å². The second-order valence-corrected chi connectivity index (χ2v) is 7.69. The van der Waals surface area contributed by atoms with Gasteiger partial charge in [0.15, 0.2) is 0 Å². The second kappa shape index (κ2) is 5.10. The van der Waals surface area contributed by atoms with Crippen LogP contribution in [0.25, 0.3) is 5.70 Å². The third-order valence-electron chi connectivity index (χ3n) is 4.20. The molecule has 6 nitrogen and oxygen atoms in total. The molecule has 0 bridgehead atoms. The Morgan fingerprint density at radius 3 is 2.77 bits per heavy atom. The highest BCUT2D eigenvalue weighted by molar-refractivity contribution is 7.95. The number of rotatable bonds is 2. The van der Waals surface area contributed by atoms with E-state index < -0.39 is 15.4 Å². The third-order valence-corrected chi connectivity index (χ3v) is 5.69. The van der Waals surface area contributed by atoms with Crippen LogP contribution in [0.2, 0.25) is 0 Å². The highest BCUT2D eigenvalue weighted by Crippen LogP contribution is 2.34. The summed E-state index contributed by atoms with van der Waals surface area (Å²) < 4.78 is 30.9. The van der Waals surface area contributed by atoms with Gasteiger partial charge in [-0.1, -0.05) is 18.2 Å². The van der Waals surface area contributed by atoms with Crippen molar-refractivity contribution in [1.29, 1.82) is 0 Å². The largest absolute Gasteiger partial charge is 0.380 e. The standard InChI is InChI=1S/C15H18N2O4S/c1-15(7-8-21-10-15)14(18)16-12-9-22(19,20)17(2)13-6-4-3-5-11(12)13/h3-6,9H,7-8,10H2,1-2H3,(H,16,18). The molecule has 1 aromatic rings. The summed E-state index contributed by atoms with van der Waals surface area (Å²) in [7, 11) is -2.09. The van der Waals surface area contributed by atoms with E-state index in [9.17, 15) is 13.2 Å². The second-order valence-electron chi connectivity index (χ2n) is 5.88. The van der Waals surface area contributed by atoms with Gasteiger partial charge in [0.05, 0.1) is 28.8 Å². The van der Waals surface area contributed by atoms with Crippen LogP contribution in [0.5, 0.6) is 0 Å². The van der Waals surface area contributed by atoms with Gasteiger partial charge in [-0.3, -0.25) is 9.10 Å². The Morgan fingerprint density at radius 2 is 2.09 bits per heavy atom. The number of hydrogen-bond acceptors (Lipinski definition) is 4. The van der Waals surface area contributed by atoms with Crippen molar-refractivity contribution in [2.75, 3.05) is 24.6 Å². The first kappa shape index (κ1) is 15.1. The Hall–Kier alpha value is -1.86. The zero-order valence-corrected chi connectivity index (χ0v) is 13.3. The third kappa shape index (κ3) is 2.40. The van der Waals surface area contributed by atoms with E-state index in [2.05, 4.69) is 5.32 Å². The number of hydrogen-bond donors (Lipinski definition) is 1. The molecule has 118 valence electrons. The minimum absolute atomic E-state index is 0.217. The fourth-order valence-electron chi connectivity index (χ4n) is 2.62. The topological polar surface area (TPSA) is 75.7 Å². The van der Waals surface area contributed by atoms with Crippen LogP contribution in [0.1, 0.15) is 18.9 Å². The smallest absolute Gasteiger partial charge is 0.259 e. The van der Waals surface area contributed by atoms with Crippen LogP contribution in [0.3, 0.4) is 0 Å². The molecule has 2 heterocycles. The van der Waals surface area contributed by atoms with E-state index >= 15 is 0 Å². The number of benzene rings is 1. The number of amides is 1. The van der Waals surface area contributed by atoms with E-state index in [4.69, 9.17) is 4.74 Å². The summed E-state index contributed by atoms with van der Waals surface area (Å²) >= 11 is 0. The highest BCUT2D eigenvalue weighted by atomic mass is 32.2. The van der Waals surface area contributed by atoms with Gasteiger partial charge in [-0.25, -0.2) is 8.42 Å². The summed E-state index contributed by atoms with van der Waals surface area (Å²) in [6.07, 6.45) is 0.625. The van der Waals surface area contributed by atoms with Gasteiger partial charge >= 0.3 is 0 Å². The highest BCUT2D eigenvalue weighted by Gasteiger charge is 2.38. The molecule has 0 aliphatic carbocycles. The molecule has 1 N–H and O–H groups in total. The molecule has 1 amide bonds. The van der Waals surface area contributed by atoms with E-state index in [0.29, 0.717) is 36.6 Å². The maximum absolute atomic E-state index is 12.5. The lowest BCUT2D eigenvalue weighted by atomic mass is 9.89. The lowest BCUT2D eigenvalue weighted by Gasteiger charge is -2.28. The summed E-state index contributed by atoms with van der Waals surface area (Å²) in [5.41, 5.74) is 0.929. The van der Waals surface area contributed by atoms with Gasteiger partial charge in [0, 0.05) is 19.2 Å². The number of para-hydroxylation sites is 1. The summed E-state index contributed by atoms with van der Waals surface area (Å²) in [6, 6.07) is 7.08. The molecule has 0 saturated carbocycles. The van der Waals surface area contributed by atoms with Gasteiger partial charge in [-0.05, 0) is 19.4 Å². The SMILES string of the molecule is CN1c2ccccc2C(NC(=O)C2(C)CCOC2)=CS1(=O)=O. The van der Waals surface area contributed by atoms with Crippen molar-refractivity contribution < 1.29 is 17.9 Å². The Balaban J connectivity index is 1.97. The first-order valence-corrected chi connectivity index (χ1v) is 8.53. The summed E-state index contributed by atoms with van der Waals surface area (Å²) in [6.45, 7) is 2.71. The molecule has 3 rings (SSSR count). The first-order chi connectivity index (χ1) is 10.3. The average molecular weight is 322 g/mol. The van der Waals surface area contributed by atoms with Crippen LogP contribution in [0, 0.1) is 5.41 Å². The van der Waals surface area contributed by atoms with Crippen molar-refractivity contribution in [3.63, 3.8) is 0 Å². The number of anilines is 1. The normalized spacial score (nSPS) is 26.3.